The van der Waals surface area contributed by atoms with Gasteiger partial charge in [0.25, 0.3) is 0 Å². The van der Waals surface area contributed by atoms with Gasteiger partial charge in [0.1, 0.15) is 11.5 Å². The van der Waals surface area contributed by atoms with Crippen LogP contribution in [-0.2, 0) is 0 Å². The fourth-order valence-electron chi connectivity index (χ4n) is 2.05. The van der Waals surface area contributed by atoms with E-state index in [2.05, 4.69) is 35.8 Å². The highest BCUT2D eigenvalue weighted by molar-refractivity contribution is 9.11. The molecular weight excluding hydrogens is 320 g/mol. The Morgan fingerprint density at radius 3 is 2.29 bits per heavy atom. The summed E-state index contributed by atoms with van der Waals surface area (Å²) in [6, 6.07) is 2.10. The number of aryl methyl sites for hydroxylation is 3. The van der Waals surface area contributed by atoms with Crippen molar-refractivity contribution in [3.63, 3.8) is 0 Å². The molecule has 2 rings (SSSR count). The summed E-state index contributed by atoms with van der Waals surface area (Å²) in [6.07, 6.45) is 0. The van der Waals surface area contributed by atoms with Crippen molar-refractivity contribution in [2.24, 2.45) is 0 Å². The van der Waals surface area contributed by atoms with Gasteiger partial charge in [0.05, 0.1) is 9.16 Å². The SMILES string of the molecule is Cc1oc(C)c(C(Cl)c2cc(Br)sc2C)c1C. The second-order valence-electron chi connectivity index (χ2n) is 4.18. The number of thiophene rings is 1. The van der Waals surface area contributed by atoms with E-state index in [0.717, 1.165) is 32.0 Å². The van der Waals surface area contributed by atoms with Crippen LogP contribution in [0.25, 0.3) is 0 Å². The summed E-state index contributed by atoms with van der Waals surface area (Å²) in [5.41, 5.74) is 3.43. The van der Waals surface area contributed by atoms with Gasteiger partial charge in [0, 0.05) is 10.4 Å². The maximum Gasteiger partial charge on any atom is 0.106 e. The molecule has 17 heavy (non-hydrogen) atoms. The number of halogens is 2. The van der Waals surface area contributed by atoms with E-state index in [-0.39, 0.29) is 5.38 Å². The van der Waals surface area contributed by atoms with E-state index >= 15 is 0 Å². The van der Waals surface area contributed by atoms with Gasteiger partial charge in [-0.15, -0.1) is 22.9 Å². The lowest BCUT2D eigenvalue weighted by molar-refractivity contribution is 0.500. The normalized spacial score (nSPS) is 13.1. The van der Waals surface area contributed by atoms with Gasteiger partial charge >= 0.3 is 0 Å². The molecule has 0 bridgehead atoms. The zero-order valence-corrected chi connectivity index (χ0v) is 13.4. The molecule has 0 aliphatic carbocycles. The smallest absolute Gasteiger partial charge is 0.106 e. The van der Waals surface area contributed by atoms with Gasteiger partial charge in [0.15, 0.2) is 0 Å². The minimum Gasteiger partial charge on any atom is -0.466 e. The van der Waals surface area contributed by atoms with E-state index < -0.39 is 0 Å². The second-order valence-corrected chi connectivity index (χ2v) is 7.25. The van der Waals surface area contributed by atoms with Gasteiger partial charge in [-0.05, 0) is 60.8 Å². The van der Waals surface area contributed by atoms with E-state index in [9.17, 15) is 0 Å². The van der Waals surface area contributed by atoms with E-state index in [0.29, 0.717) is 0 Å². The first kappa shape index (κ1) is 13.2. The molecule has 1 nitrogen and oxygen atoms in total. The first-order valence-electron chi connectivity index (χ1n) is 5.38. The number of rotatable bonds is 2. The average Bonchev–Trinajstić information content (AvgIpc) is 2.68. The number of furan rings is 1. The molecule has 0 saturated carbocycles. The second kappa shape index (κ2) is 4.79. The first-order valence-corrected chi connectivity index (χ1v) is 7.42. The van der Waals surface area contributed by atoms with Crippen LogP contribution in [0.3, 0.4) is 0 Å². The number of hydrogen-bond donors (Lipinski definition) is 0. The predicted molar refractivity (Wildman–Crippen MR) is 77.4 cm³/mol. The topological polar surface area (TPSA) is 13.1 Å². The highest BCUT2D eigenvalue weighted by Gasteiger charge is 2.23. The predicted octanol–water partition coefficient (Wildman–Crippen LogP) is 5.67. The standard InChI is InChI=1S/C13H14BrClOS/c1-6-7(2)16-8(3)12(6)13(15)10-5-11(14)17-9(10)4/h5,13H,1-4H3. The minimum atomic E-state index is -0.130. The van der Waals surface area contributed by atoms with E-state index in [4.69, 9.17) is 16.0 Å². The van der Waals surface area contributed by atoms with Crippen molar-refractivity contribution in [3.8, 4) is 0 Å². The van der Waals surface area contributed by atoms with E-state index in [1.54, 1.807) is 11.3 Å². The average molecular weight is 334 g/mol. The Morgan fingerprint density at radius 2 is 1.88 bits per heavy atom. The van der Waals surface area contributed by atoms with Gasteiger partial charge in [-0.1, -0.05) is 0 Å². The van der Waals surface area contributed by atoms with Crippen LogP contribution in [-0.4, -0.2) is 0 Å². The van der Waals surface area contributed by atoms with Crippen molar-refractivity contribution in [2.75, 3.05) is 0 Å². The van der Waals surface area contributed by atoms with Crippen LogP contribution in [0.15, 0.2) is 14.3 Å². The van der Waals surface area contributed by atoms with Gasteiger partial charge in [-0.3, -0.25) is 0 Å². The minimum absolute atomic E-state index is 0.130. The molecule has 0 spiro atoms. The lowest BCUT2D eigenvalue weighted by Crippen LogP contribution is -1.96. The van der Waals surface area contributed by atoms with E-state index in [1.807, 2.05) is 13.8 Å². The van der Waals surface area contributed by atoms with Gasteiger partial charge in [-0.2, -0.15) is 0 Å². The van der Waals surface area contributed by atoms with Gasteiger partial charge < -0.3 is 4.42 Å². The van der Waals surface area contributed by atoms with Crippen LogP contribution < -0.4 is 0 Å². The first-order chi connectivity index (χ1) is 7.91. The zero-order chi connectivity index (χ0) is 12.7. The van der Waals surface area contributed by atoms with Crippen LogP contribution in [0.4, 0.5) is 0 Å². The van der Waals surface area contributed by atoms with Crippen LogP contribution in [0.2, 0.25) is 0 Å². The molecule has 0 radical (unpaired) electrons. The molecule has 0 aliphatic rings. The van der Waals surface area contributed by atoms with Crippen molar-refractivity contribution in [1.82, 2.24) is 0 Å². The molecular formula is C13H14BrClOS. The Hall–Kier alpha value is -0.250. The molecule has 0 N–H and O–H groups in total. The summed E-state index contributed by atoms with van der Waals surface area (Å²) in [7, 11) is 0. The van der Waals surface area contributed by atoms with Gasteiger partial charge in [0.2, 0.25) is 0 Å². The third-order valence-electron chi connectivity index (χ3n) is 3.07. The number of alkyl halides is 1. The maximum atomic E-state index is 6.60. The van der Waals surface area contributed by atoms with E-state index in [1.165, 1.54) is 4.88 Å². The van der Waals surface area contributed by atoms with Crippen molar-refractivity contribution < 1.29 is 4.42 Å². The summed E-state index contributed by atoms with van der Waals surface area (Å²) < 4.78 is 6.76. The Kier molecular flexibility index (Phi) is 3.71. The Morgan fingerprint density at radius 1 is 1.24 bits per heavy atom. The highest BCUT2D eigenvalue weighted by Crippen LogP contribution is 2.40. The third-order valence-corrected chi connectivity index (χ3v) is 5.09. The fourth-order valence-corrected chi connectivity index (χ4v) is 4.41. The molecule has 0 aliphatic heterocycles. The van der Waals surface area contributed by atoms with Crippen LogP contribution in [0, 0.1) is 27.7 Å². The summed E-state index contributed by atoms with van der Waals surface area (Å²) in [4.78, 5) is 1.24. The van der Waals surface area contributed by atoms with Crippen molar-refractivity contribution in [3.05, 3.63) is 42.9 Å². The molecule has 0 saturated heterocycles. The lowest BCUT2D eigenvalue weighted by Gasteiger charge is -2.09. The molecule has 92 valence electrons. The van der Waals surface area contributed by atoms with Crippen LogP contribution in [0.1, 0.15) is 38.5 Å². The molecule has 2 aromatic heterocycles. The fraction of sp³-hybridized carbons (Fsp3) is 0.385. The molecule has 0 aromatic carbocycles. The Balaban J connectivity index is 2.50. The Bertz CT molecular complexity index is 556. The molecule has 0 fully saturated rings. The van der Waals surface area contributed by atoms with Gasteiger partial charge in [-0.25, -0.2) is 0 Å². The monoisotopic (exact) mass is 332 g/mol. The molecule has 1 unspecified atom stereocenters. The Labute approximate surface area is 119 Å². The summed E-state index contributed by atoms with van der Waals surface area (Å²) in [6.45, 7) is 8.11. The van der Waals surface area contributed by atoms with Crippen molar-refractivity contribution in [2.45, 2.75) is 33.1 Å². The largest absolute Gasteiger partial charge is 0.466 e. The zero-order valence-electron chi connectivity index (χ0n) is 10.2. The van der Waals surface area contributed by atoms with Crippen LogP contribution in [0.5, 0.6) is 0 Å². The summed E-state index contributed by atoms with van der Waals surface area (Å²) in [5.74, 6) is 1.87. The van der Waals surface area contributed by atoms with Crippen LogP contribution >= 0.6 is 38.9 Å². The molecule has 2 aromatic rings. The van der Waals surface area contributed by atoms with Crippen molar-refractivity contribution in [1.29, 1.82) is 0 Å². The number of hydrogen-bond acceptors (Lipinski definition) is 2. The summed E-state index contributed by atoms with van der Waals surface area (Å²) >= 11 is 11.8. The molecule has 1 atom stereocenters. The van der Waals surface area contributed by atoms with Crippen molar-refractivity contribution >= 4 is 38.9 Å². The summed E-state index contributed by atoms with van der Waals surface area (Å²) in [5, 5.41) is -0.130. The molecule has 0 amide bonds. The quantitative estimate of drug-likeness (QED) is 0.646. The lowest BCUT2D eigenvalue weighted by atomic mass is 10.0. The third kappa shape index (κ3) is 2.33. The maximum absolute atomic E-state index is 6.60. The molecule has 4 heteroatoms. The molecule has 2 heterocycles. The highest BCUT2D eigenvalue weighted by atomic mass is 79.9.